The summed E-state index contributed by atoms with van der Waals surface area (Å²) in [6.45, 7) is 11.8. The normalized spacial score (nSPS) is 12.3. The van der Waals surface area contributed by atoms with Crippen molar-refractivity contribution in [2.75, 3.05) is 20.1 Å². The van der Waals surface area contributed by atoms with Crippen molar-refractivity contribution in [1.82, 2.24) is 4.90 Å². The van der Waals surface area contributed by atoms with E-state index in [1.165, 1.54) is 0 Å². The fourth-order valence-electron chi connectivity index (χ4n) is 2.31. The van der Waals surface area contributed by atoms with Gasteiger partial charge in [-0.25, -0.2) is 0 Å². The zero-order valence-corrected chi connectivity index (χ0v) is 13.7. The van der Waals surface area contributed by atoms with Crippen LogP contribution < -0.4 is 5.73 Å². The predicted octanol–water partition coefficient (Wildman–Crippen LogP) is 3.04. The third-order valence-corrected chi connectivity index (χ3v) is 3.53. The van der Waals surface area contributed by atoms with Crippen molar-refractivity contribution in [3.63, 3.8) is 0 Å². The number of nitrogens with two attached hydrogens (primary N) is 1. The van der Waals surface area contributed by atoms with E-state index in [2.05, 4.69) is 34.6 Å². The molecule has 20 heavy (non-hydrogen) atoms. The molecule has 3 nitrogen and oxygen atoms in total. The first-order valence-corrected chi connectivity index (χ1v) is 7.13. The monoisotopic (exact) mass is 276 g/mol. The van der Waals surface area contributed by atoms with Crippen LogP contribution in [0.5, 0.6) is 0 Å². The van der Waals surface area contributed by atoms with Gasteiger partial charge in [0.2, 0.25) is 0 Å². The average Bonchev–Trinajstić information content (AvgIpc) is 2.36. The van der Waals surface area contributed by atoms with Gasteiger partial charge in [0.25, 0.3) is 5.91 Å². The Labute approximate surface area is 123 Å². The fraction of sp³-hybridized carbons (Fsp3) is 0.588. The first kappa shape index (κ1) is 16.7. The molecule has 0 spiro atoms. The van der Waals surface area contributed by atoms with E-state index in [4.69, 9.17) is 5.73 Å². The lowest BCUT2D eigenvalue weighted by atomic mass is 9.83. The smallest absolute Gasteiger partial charge is 0.253 e. The highest BCUT2D eigenvalue weighted by Gasteiger charge is 2.26. The molecule has 1 aromatic carbocycles. The maximum atomic E-state index is 12.7. The van der Waals surface area contributed by atoms with Crippen molar-refractivity contribution in [2.24, 2.45) is 11.1 Å². The Kier molecular flexibility index (Phi) is 4.98. The summed E-state index contributed by atoms with van der Waals surface area (Å²) in [6.07, 6.45) is 0. The van der Waals surface area contributed by atoms with Crippen LogP contribution in [-0.4, -0.2) is 30.9 Å². The Morgan fingerprint density at radius 2 is 1.70 bits per heavy atom. The van der Waals surface area contributed by atoms with Crippen LogP contribution in [0.4, 0.5) is 0 Å². The molecule has 1 aromatic rings. The van der Waals surface area contributed by atoms with Crippen molar-refractivity contribution in [3.8, 4) is 0 Å². The topological polar surface area (TPSA) is 46.3 Å². The molecular formula is C17H28N2O. The van der Waals surface area contributed by atoms with Crippen LogP contribution >= 0.6 is 0 Å². The van der Waals surface area contributed by atoms with Crippen LogP contribution in [0.1, 0.15) is 50.5 Å². The molecule has 0 fully saturated rings. The minimum atomic E-state index is -0.0684. The zero-order valence-electron chi connectivity index (χ0n) is 13.7. The molecule has 0 atom stereocenters. The first-order chi connectivity index (χ1) is 9.08. The maximum absolute atomic E-state index is 12.7. The molecule has 0 radical (unpaired) electrons. The van der Waals surface area contributed by atoms with Crippen LogP contribution in [0.3, 0.4) is 0 Å². The third kappa shape index (κ3) is 4.07. The minimum absolute atomic E-state index is 0.0452. The molecule has 2 N–H and O–H groups in total. The van der Waals surface area contributed by atoms with Gasteiger partial charge in [-0.3, -0.25) is 4.79 Å². The standard InChI is InChI=1S/C17H28N2O/c1-16(2,3)14-10-8-7-9-13(14)15(20)19(6)12-17(4,5)11-18/h7-10H,11-12,18H2,1-6H3. The highest BCUT2D eigenvalue weighted by molar-refractivity contribution is 5.96. The number of nitrogens with zero attached hydrogens (tertiary/aromatic N) is 1. The van der Waals surface area contributed by atoms with Crippen molar-refractivity contribution in [2.45, 2.75) is 40.0 Å². The summed E-state index contributed by atoms with van der Waals surface area (Å²) in [7, 11) is 1.85. The van der Waals surface area contributed by atoms with Gasteiger partial charge in [-0.05, 0) is 29.0 Å². The van der Waals surface area contributed by atoms with Crippen molar-refractivity contribution < 1.29 is 4.79 Å². The Morgan fingerprint density at radius 1 is 1.15 bits per heavy atom. The highest BCUT2D eigenvalue weighted by Crippen LogP contribution is 2.27. The van der Waals surface area contributed by atoms with Crippen LogP contribution in [0.25, 0.3) is 0 Å². The molecule has 1 rings (SSSR count). The molecule has 112 valence electrons. The van der Waals surface area contributed by atoms with E-state index in [9.17, 15) is 4.79 Å². The number of hydrogen-bond acceptors (Lipinski definition) is 2. The molecule has 1 amide bonds. The Balaban J connectivity index is 3.04. The van der Waals surface area contributed by atoms with Crippen LogP contribution in [0.15, 0.2) is 24.3 Å². The number of carbonyl (C=O) groups excluding carboxylic acids is 1. The lowest BCUT2D eigenvalue weighted by molar-refractivity contribution is 0.0738. The van der Waals surface area contributed by atoms with Gasteiger partial charge < -0.3 is 10.6 Å². The van der Waals surface area contributed by atoms with Gasteiger partial charge in [0.05, 0.1) is 0 Å². The lowest BCUT2D eigenvalue weighted by Gasteiger charge is -2.30. The molecule has 0 saturated carbocycles. The summed E-state index contributed by atoms with van der Waals surface area (Å²) in [5, 5.41) is 0. The zero-order chi connectivity index (χ0) is 15.6. The van der Waals surface area contributed by atoms with Gasteiger partial charge in [0.1, 0.15) is 0 Å². The van der Waals surface area contributed by atoms with Gasteiger partial charge in [-0.1, -0.05) is 52.8 Å². The van der Waals surface area contributed by atoms with Crippen LogP contribution in [0.2, 0.25) is 0 Å². The van der Waals surface area contributed by atoms with Crippen molar-refractivity contribution in [1.29, 1.82) is 0 Å². The molecule has 0 heterocycles. The van der Waals surface area contributed by atoms with Gasteiger partial charge in [0, 0.05) is 19.2 Å². The Hall–Kier alpha value is -1.35. The lowest BCUT2D eigenvalue weighted by Crippen LogP contribution is -2.40. The number of benzene rings is 1. The summed E-state index contributed by atoms with van der Waals surface area (Å²) in [5.41, 5.74) is 7.51. The van der Waals surface area contributed by atoms with Crippen molar-refractivity contribution >= 4 is 5.91 Å². The molecule has 0 aliphatic rings. The van der Waals surface area contributed by atoms with E-state index in [1.807, 2.05) is 31.3 Å². The highest BCUT2D eigenvalue weighted by atomic mass is 16.2. The van der Waals surface area contributed by atoms with E-state index >= 15 is 0 Å². The third-order valence-electron chi connectivity index (χ3n) is 3.53. The number of rotatable bonds is 4. The second-order valence-corrected chi connectivity index (χ2v) is 7.33. The number of amides is 1. The molecule has 0 aliphatic carbocycles. The minimum Gasteiger partial charge on any atom is -0.341 e. The van der Waals surface area contributed by atoms with E-state index in [0.717, 1.165) is 11.1 Å². The maximum Gasteiger partial charge on any atom is 0.253 e. The number of hydrogen-bond donors (Lipinski definition) is 1. The molecule has 0 aliphatic heterocycles. The largest absolute Gasteiger partial charge is 0.341 e. The Bertz CT molecular complexity index is 472. The van der Waals surface area contributed by atoms with Crippen LogP contribution in [0, 0.1) is 5.41 Å². The number of carbonyl (C=O) groups is 1. The second kappa shape index (κ2) is 5.96. The van der Waals surface area contributed by atoms with E-state index in [1.54, 1.807) is 4.90 Å². The summed E-state index contributed by atoms with van der Waals surface area (Å²) >= 11 is 0. The van der Waals surface area contributed by atoms with Crippen LogP contribution in [-0.2, 0) is 5.41 Å². The summed E-state index contributed by atoms with van der Waals surface area (Å²) < 4.78 is 0. The fourth-order valence-corrected chi connectivity index (χ4v) is 2.31. The van der Waals surface area contributed by atoms with Crippen molar-refractivity contribution in [3.05, 3.63) is 35.4 Å². The van der Waals surface area contributed by atoms with Gasteiger partial charge in [-0.2, -0.15) is 0 Å². The predicted molar refractivity (Wildman–Crippen MR) is 84.9 cm³/mol. The molecule has 0 saturated heterocycles. The molecule has 3 heteroatoms. The van der Waals surface area contributed by atoms with Gasteiger partial charge in [0.15, 0.2) is 0 Å². The van der Waals surface area contributed by atoms with E-state index < -0.39 is 0 Å². The molecule has 0 aromatic heterocycles. The molecular weight excluding hydrogens is 248 g/mol. The average molecular weight is 276 g/mol. The molecule has 0 bridgehead atoms. The Morgan fingerprint density at radius 3 is 2.20 bits per heavy atom. The summed E-state index contributed by atoms with van der Waals surface area (Å²) in [6, 6.07) is 7.86. The first-order valence-electron chi connectivity index (χ1n) is 7.13. The summed E-state index contributed by atoms with van der Waals surface area (Å²) in [4.78, 5) is 14.5. The quantitative estimate of drug-likeness (QED) is 0.918. The second-order valence-electron chi connectivity index (χ2n) is 7.33. The van der Waals surface area contributed by atoms with E-state index in [-0.39, 0.29) is 16.7 Å². The SMILES string of the molecule is CN(CC(C)(C)CN)C(=O)c1ccccc1C(C)(C)C. The van der Waals surface area contributed by atoms with E-state index in [0.29, 0.717) is 13.1 Å². The summed E-state index contributed by atoms with van der Waals surface area (Å²) in [5.74, 6) is 0.0667. The van der Waals surface area contributed by atoms with Gasteiger partial charge >= 0.3 is 0 Å². The molecule has 0 unspecified atom stereocenters. The van der Waals surface area contributed by atoms with Gasteiger partial charge in [-0.15, -0.1) is 0 Å².